The first kappa shape index (κ1) is 13.2. The predicted octanol–water partition coefficient (Wildman–Crippen LogP) is 2.82. The Hall–Kier alpha value is -1.27. The van der Waals surface area contributed by atoms with E-state index in [1.807, 2.05) is 6.92 Å². The van der Waals surface area contributed by atoms with Crippen LogP contribution in [0.5, 0.6) is 0 Å². The molecule has 0 spiro atoms. The Balaban J connectivity index is 2.30. The molecule has 0 aliphatic heterocycles. The van der Waals surface area contributed by atoms with Crippen LogP contribution in [0.4, 0.5) is 4.39 Å². The van der Waals surface area contributed by atoms with Gasteiger partial charge in [-0.25, -0.2) is 17.8 Å². The molecule has 0 saturated carbocycles. The Morgan fingerprint density at radius 1 is 1.33 bits per heavy atom. The molecule has 0 bridgehead atoms. The van der Waals surface area contributed by atoms with Gasteiger partial charge in [-0.15, -0.1) is 11.3 Å². The van der Waals surface area contributed by atoms with Crippen molar-refractivity contribution in [3.63, 3.8) is 0 Å². The fraction of sp³-hybridized carbons (Fsp3) is 0.250. The number of benzene rings is 1. The number of hydrogen-bond donors (Lipinski definition) is 0. The monoisotopic (exact) mass is 285 g/mol. The first-order valence-corrected chi connectivity index (χ1v) is 7.96. The third kappa shape index (κ3) is 2.76. The predicted molar refractivity (Wildman–Crippen MR) is 68.8 cm³/mol. The minimum atomic E-state index is -3.67. The van der Waals surface area contributed by atoms with Crippen LogP contribution in [-0.2, 0) is 22.0 Å². The molecule has 0 N–H and O–H groups in total. The van der Waals surface area contributed by atoms with Gasteiger partial charge in [-0.05, 0) is 18.6 Å². The summed E-state index contributed by atoms with van der Waals surface area (Å²) in [6, 6.07) is 5.39. The van der Waals surface area contributed by atoms with E-state index in [-0.39, 0.29) is 10.6 Å². The van der Waals surface area contributed by atoms with Gasteiger partial charge < -0.3 is 0 Å². The number of nitrogens with zero attached hydrogens (tertiary/aromatic N) is 1. The molecule has 96 valence electrons. The van der Waals surface area contributed by atoms with E-state index in [1.54, 1.807) is 5.38 Å². The third-order valence-electron chi connectivity index (χ3n) is 2.41. The molecular weight excluding hydrogens is 273 g/mol. The van der Waals surface area contributed by atoms with Gasteiger partial charge in [0.25, 0.3) is 0 Å². The lowest BCUT2D eigenvalue weighted by atomic mass is 10.3. The van der Waals surface area contributed by atoms with Crippen LogP contribution >= 0.6 is 11.3 Å². The summed E-state index contributed by atoms with van der Waals surface area (Å²) < 4.78 is 37.6. The Kier molecular flexibility index (Phi) is 3.77. The van der Waals surface area contributed by atoms with Gasteiger partial charge in [0.15, 0.2) is 9.84 Å². The number of hydrogen-bond acceptors (Lipinski definition) is 4. The van der Waals surface area contributed by atoms with Crippen molar-refractivity contribution in [2.75, 3.05) is 0 Å². The van der Waals surface area contributed by atoms with Crippen LogP contribution in [-0.4, -0.2) is 13.4 Å². The standard InChI is InChI=1S/C12H12FNO2S2/c1-2-12-14-9(7-17-12)8-18(15,16)11-6-4-3-5-10(11)13/h3-7H,2,8H2,1H3. The van der Waals surface area contributed by atoms with Crippen LogP contribution in [0.2, 0.25) is 0 Å². The summed E-state index contributed by atoms with van der Waals surface area (Å²) in [7, 11) is -3.67. The second-order valence-corrected chi connectivity index (χ2v) is 6.68. The lowest BCUT2D eigenvalue weighted by Gasteiger charge is -2.03. The van der Waals surface area contributed by atoms with Crippen molar-refractivity contribution in [1.29, 1.82) is 0 Å². The molecule has 1 aromatic heterocycles. The van der Waals surface area contributed by atoms with Crippen molar-refractivity contribution in [3.05, 3.63) is 46.2 Å². The molecule has 6 heteroatoms. The fourth-order valence-electron chi connectivity index (χ4n) is 1.55. The molecule has 0 unspecified atom stereocenters. The van der Waals surface area contributed by atoms with E-state index in [1.165, 1.54) is 29.5 Å². The summed E-state index contributed by atoms with van der Waals surface area (Å²) >= 11 is 1.42. The highest BCUT2D eigenvalue weighted by atomic mass is 32.2. The summed E-state index contributed by atoms with van der Waals surface area (Å²) in [6.45, 7) is 1.95. The van der Waals surface area contributed by atoms with E-state index in [0.717, 1.165) is 17.5 Å². The number of sulfone groups is 1. The fourth-order valence-corrected chi connectivity index (χ4v) is 3.74. The lowest BCUT2D eigenvalue weighted by Crippen LogP contribution is -2.07. The van der Waals surface area contributed by atoms with Gasteiger partial charge in [0.2, 0.25) is 0 Å². The number of aromatic nitrogens is 1. The number of rotatable bonds is 4. The van der Waals surface area contributed by atoms with Gasteiger partial charge in [0.05, 0.1) is 16.5 Å². The summed E-state index contributed by atoms with van der Waals surface area (Å²) in [5, 5.41) is 2.59. The van der Waals surface area contributed by atoms with Crippen LogP contribution in [0.1, 0.15) is 17.6 Å². The molecule has 0 saturated heterocycles. The van der Waals surface area contributed by atoms with E-state index < -0.39 is 15.7 Å². The van der Waals surface area contributed by atoms with Crippen molar-refractivity contribution in [3.8, 4) is 0 Å². The average molecular weight is 285 g/mol. The second kappa shape index (κ2) is 5.16. The van der Waals surface area contributed by atoms with Crippen molar-refractivity contribution in [1.82, 2.24) is 4.98 Å². The van der Waals surface area contributed by atoms with Gasteiger partial charge in [0, 0.05) is 5.38 Å². The lowest BCUT2D eigenvalue weighted by molar-refractivity contribution is 0.566. The zero-order chi connectivity index (χ0) is 13.2. The highest BCUT2D eigenvalue weighted by Crippen LogP contribution is 2.20. The first-order valence-electron chi connectivity index (χ1n) is 5.43. The SMILES string of the molecule is CCc1nc(CS(=O)(=O)c2ccccc2F)cs1. The molecule has 0 fully saturated rings. The van der Waals surface area contributed by atoms with E-state index in [0.29, 0.717) is 5.69 Å². The van der Waals surface area contributed by atoms with Gasteiger partial charge in [-0.2, -0.15) is 0 Å². The first-order chi connectivity index (χ1) is 8.53. The van der Waals surface area contributed by atoms with Gasteiger partial charge in [-0.1, -0.05) is 19.1 Å². The van der Waals surface area contributed by atoms with Crippen molar-refractivity contribution in [2.24, 2.45) is 0 Å². The van der Waals surface area contributed by atoms with E-state index in [2.05, 4.69) is 4.98 Å². The van der Waals surface area contributed by atoms with Crippen molar-refractivity contribution < 1.29 is 12.8 Å². The second-order valence-electron chi connectivity index (χ2n) is 3.78. The maximum absolute atomic E-state index is 13.5. The van der Waals surface area contributed by atoms with E-state index in [9.17, 15) is 12.8 Å². The molecule has 0 aliphatic carbocycles. The Labute approximate surface area is 109 Å². The van der Waals surface area contributed by atoms with Crippen LogP contribution in [0.3, 0.4) is 0 Å². The van der Waals surface area contributed by atoms with Crippen LogP contribution in [0.15, 0.2) is 34.5 Å². The quantitative estimate of drug-likeness (QED) is 0.868. The molecule has 18 heavy (non-hydrogen) atoms. The van der Waals surface area contributed by atoms with Crippen LogP contribution in [0, 0.1) is 5.82 Å². The average Bonchev–Trinajstić information content (AvgIpc) is 2.76. The zero-order valence-electron chi connectivity index (χ0n) is 9.76. The molecule has 1 heterocycles. The van der Waals surface area contributed by atoms with Crippen LogP contribution < -0.4 is 0 Å². The molecule has 1 aromatic carbocycles. The number of thiazole rings is 1. The molecule has 0 amide bonds. The Morgan fingerprint density at radius 2 is 2.06 bits per heavy atom. The number of halogens is 1. The third-order valence-corrected chi connectivity index (χ3v) is 5.13. The summed E-state index contributed by atoms with van der Waals surface area (Å²) in [6.07, 6.45) is 0.768. The highest BCUT2D eigenvalue weighted by molar-refractivity contribution is 7.90. The van der Waals surface area contributed by atoms with E-state index >= 15 is 0 Å². The van der Waals surface area contributed by atoms with Crippen molar-refractivity contribution >= 4 is 21.2 Å². The minimum absolute atomic E-state index is 0.259. The van der Waals surface area contributed by atoms with Gasteiger partial charge in [-0.3, -0.25) is 0 Å². The summed E-state index contributed by atoms with van der Waals surface area (Å²) in [5.74, 6) is -0.979. The van der Waals surface area contributed by atoms with E-state index in [4.69, 9.17) is 0 Å². The maximum Gasteiger partial charge on any atom is 0.186 e. The maximum atomic E-state index is 13.5. The van der Waals surface area contributed by atoms with Gasteiger partial charge >= 0.3 is 0 Å². The molecule has 0 atom stereocenters. The molecule has 2 aromatic rings. The summed E-state index contributed by atoms with van der Waals surface area (Å²) in [4.78, 5) is 3.92. The minimum Gasteiger partial charge on any atom is -0.245 e. The molecule has 2 rings (SSSR count). The molecule has 0 aliphatic rings. The molecular formula is C12H12FNO2S2. The Morgan fingerprint density at radius 3 is 2.67 bits per heavy atom. The topological polar surface area (TPSA) is 47.0 Å². The zero-order valence-corrected chi connectivity index (χ0v) is 11.4. The summed E-state index contributed by atoms with van der Waals surface area (Å²) in [5.41, 5.74) is 0.472. The molecule has 0 radical (unpaired) electrons. The van der Waals surface area contributed by atoms with Crippen molar-refractivity contribution in [2.45, 2.75) is 24.0 Å². The smallest absolute Gasteiger partial charge is 0.186 e. The van der Waals surface area contributed by atoms with Gasteiger partial charge in [0.1, 0.15) is 10.7 Å². The highest BCUT2D eigenvalue weighted by Gasteiger charge is 2.20. The normalized spacial score (nSPS) is 11.7. The Bertz CT molecular complexity index is 650. The van der Waals surface area contributed by atoms with Crippen LogP contribution in [0.25, 0.3) is 0 Å². The molecule has 3 nitrogen and oxygen atoms in total. The number of aryl methyl sites for hydroxylation is 1. The largest absolute Gasteiger partial charge is 0.245 e.